The lowest BCUT2D eigenvalue weighted by Crippen LogP contribution is -2.49. The molecule has 0 saturated carbocycles. The molecule has 2 atom stereocenters. The lowest BCUT2D eigenvalue weighted by Gasteiger charge is -2.36. The van der Waals surface area contributed by atoms with Gasteiger partial charge < -0.3 is 14.5 Å². The normalized spacial score (nSPS) is 19.8. The van der Waals surface area contributed by atoms with Crippen LogP contribution >= 0.6 is 11.6 Å². The van der Waals surface area contributed by atoms with Crippen LogP contribution in [-0.2, 0) is 0 Å². The molecule has 0 spiro atoms. The van der Waals surface area contributed by atoms with Gasteiger partial charge in [-0.2, -0.15) is 9.78 Å². The maximum Gasteiger partial charge on any atom is 0.292 e. The molecule has 3 aromatic rings. The van der Waals surface area contributed by atoms with Gasteiger partial charge in [0.1, 0.15) is 16.9 Å². The van der Waals surface area contributed by atoms with E-state index in [-0.39, 0.29) is 28.5 Å². The number of piperazine rings is 1. The number of amides is 1. The zero-order valence-corrected chi connectivity index (χ0v) is 19.3. The molecule has 0 unspecified atom stereocenters. The predicted octanol–water partition coefficient (Wildman–Crippen LogP) is 3.73. The number of ether oxygens (including phenoxy) is 1. The molecule has 0 aliphatic carbocycles. The summed E-state index contributed by atoms with van der Waals surface area (Å²) in [5.41, 5.74) is 2.59. The number of hydrogen-bond acceptors (Lipinski definition) is 5. The van der Waals surface area contributed by atoms with Crippen LogP contribution in [0.25, 0.3) is 5.69 Å². The van der Waals surface area contributed by atoms with Crippen molar-refractivity contribution in [2.45, 2.75) is 25.9 Å². The summed E-state index contributed by atoms with van der Waals surface area (Å²) in [6.07, 6.45) is 1.67. The van der Waals surface area contributed by atoms with Gasteiger partial charge in [-0.05, 0) is 25.1 Å². The van der Waals surface area contributed by atoms with Gasteiger partial charge in [0.2, 0.25) is 0 Å². The minimum absolute atomic E-state index is 0.0310. The Bertz CT molecular complexity index is 1250. The fraction of sp³-hybridized carbons (Fsp3) is 0.320. The average Bonchev–Trinajstić information content (AvgIpc) is 3.14. The summed E-state index contributed by atoms with van der Waals surface area (Å²) in [7, 11) is 0. The molecule has 33 heavy (non-hydrogen) atoms. The molecule has 1 amide bonds. The molecular formula is C25H25ClN4O3. The highest BCUT2D eigenvalue weighted by atomic mass is 35.5. The number of fused-ring (bicyclic) bond motifs is 1. The summed E-state index contributed by atoms with van der Waals surface area (Å²) in [6, 6.07) is 15.0. The van der Waals surface area contributed by atoms with Gasteiger partial charge in [-0.1, -0.05) is 48.9 Å². The van der Waals surface area contributed by atoms with Crippen LogP contribution in [0.15, 0.2) is 59.5 Å². The smallest absolute Gasteiger partial charge is 0.292 e. The number of rotatable bonds is 3. The summed E-state index contributed by atoms with van der Waals surface area (Å²) in [5, 5.41) is 4.45. The number of hydrogen-bond donors (Lipinski definition) is 0. The van der Waals surface area contributed by atoms with E-state index in [1.807, 2.05) is 53.1 Å². The quantitative estimate of drug-likeness (QED) is 0.590. The molecule has 7 nitrogen and oxygen atoms in total. The lowest BCUT2D eigenvalue weighted by atomic mass is 9.96. The van der Waals surface area contributed by atoms with Gasteiger partial charge in [0.05, 0.1) is 23.1 Å². The first kappa shape index (κ1) is 21.5. The van der Waals surface area contributed by atoms with E-state index in [0.29, 0.717) is 48.9 Å². The molecule has 2 aliphatic rings. The van der Waals surface area contributed by atoms with E-state index >= 15 is 0 Å². The second-order valence-corrected chi connectivity index (χ2v) is 8.89. The number of benzene rings is 2. The number of carbonyl (C=O) groups excluding carboxylic acids is 1. The van der Waals surface area contributed by atoms with Crippen LogP contribution < -0.4 is 15.2 Å². The number of carbonyl (C=O) groups is 1. The first-order valence-corrected chi connectivity index (χ1v) is 11.5. The maximum atomic E-state index is 13.3. The van der Waals surface area contributed by atoms with Crippen molar-refractivity contribution in [3.05, 3.63) is 81.2 Å². The van der Waals surface area contributed by atoms with Gasteiger partial charge in [0.25, 0.3) is 11.5 Å². The van der Waals surface area contributed by atoms with Gasteiger partial charge in [-0.15, -0.1) is 0 Å². The van der Waals surface area contributed by atoms with Crippen LogP contribution in [-0.4, -0.2) is 52.9 Å². The van der Waals surface area contributed by atoms with Crippen molar-refractivity contribution in [2.75, 3.05) is 31.1 Å². The largest absolute Gasteiger partial charge is 0.489 e. The molecule has 1 fully saturated rings. The number of halogens is 1. The lowest BCUT2D eigenvalue weighted by molar-refractivity contribution is 0.0741. The molecular weight excluding hydrogens is 440 g/mol. The molecule has 1 saturated heterocycles. The predicted molar refractivity (Wildman–Crippen MR) is 128 cm³/mol. The summed E-state index contributed by atoms with van der Waals surface area (Å²) in [4.78, 5) is 29.9. The van der Waals surface area contributed by atoms with Crippen molar-refractivity contribution in [1.82, 2.24) is 14.7 Å². The zero-order valence-electron chi connectivity index (χ0n) is 18.6. The van der Waals surface area contributed by atoms with Crippen molar-refractivity contribution in [1.29, 1.82) is 0 Å². The van der Waals surface area contributed by atoms with E-state index < -0.39 is 0 Å². The molecule has 3 heterocycles. The Kier molecular flexibility index (Phi) is 5.58. The van der Waals surface area contributed by atoms with Crippen LogP contribution in [0.5, 0.6) is 5.75 Å². The molecule has 8 heteroatoms. The molecule has 0 bridgehead atoms. The number of para-hydroxylation sites is 2. The van der Waals surface area contributed by atoms with E-state index in [4.69, 9.17) is 16.3 Å². The Hall–Kier alpha value is -3.32. The highest BCUT2D eigenvalue weighted by molar-refractivity contribution is 6.33. The number of anilines is 1. The van der Waals surface area contributed by atoms with Crippen LogP contribution in [0, 0.1) is 0 Å². The number of nitrogens with zero attached hydrogens (tertiary/aromatic N) is 4. The summed E-state index contributed by atoms with van der Waals surface area (Å²) in [5.74, 6) is 0.940. The maximum absolute atomic E-state index is 13.3. The van der Waals surface area contributed by atoms with E-state index in [9.17, 15) is 9.59 Å². The monoisotopic (exact) mass is 464 g/mol. The standard InChI is InChI=1S/C25H25ClN4O3/c1-16-17(2)33-23-19(16)9-6-10-20(23)24(31)29-13-11-28(12-14-29)21-15-27-30(25(32)22(21)26)18-7-4-3-5-8-18/h3-10,15-17H,11-14H2,1-2H3/t16-,17+/m0/s1. The van der Waals surface area contributed by atoms with Crippen LogP contribution in [0.3, 0.4) is 0 Å². The summed E-state index contributed by atoms with van der Waals surface area (Å²) >= 11 is 6.46. The second kappa shape index (κ2) is 8.56. The van der Waals surface area contributed by atoms with Crippen LogP contribution in [0.1, 0.15) is 35.7 Å². The first-order chi connectivity index (χ1) is 16.0. The van der Waals surface area contributed by atoms with Crippen molar-refractivity contribution in [3.63, 3.8) is 0 Å². The zero-order chi connectivity index (χ0) is 23.1. The highest BCUT2D eigenvalue weighted by Gasteiger charge is 2.33. The summed E-state index contributed by atoms with van der Waals surface area (Å²) < 4.78 is 7.30. The summed E-state index contributed by atoms with van der Waals surface area (Å²) in [6.45, 7) is 6.31. The van der Waals surface area contributed by atoms with Crippen molar-refractivity contribution in [2.24, 2.45) is 0 Å². The van der Waals surface area contributed by atoms with Crippen molar-refractivity contribution >= 4 is 23.2 Å². The minimum Gasteiger partial charge on any atom is -0.489 e. The van der Waals surface area contributed by atoms with Crippen LogP contribution in [0.2, 0.25) is 5.02 Å². The average molecular weight is 465 g/mol. The molecule has 1 aromatic heterocycles. The minimum atomic E-state index is -0.362. The van der Waals surface area contributed by atoms with Gasteiger partial charge >= 0.3 is 0 Å². The van der Waals surface area contributed by atoms with E-state index in [1.54, 1.807) is 18.3 Å². The third-order valence-corrected chi connectivity index (χ3v) is 6.94. The molecule has 170 valence electrons. The Morgan fingerprint density at radius 2 is 1.76 bits per heavy atom. The molecule has 0 N–H and O–H groups in total. The van der Waals surface area contributed by atoms with Gasteiger partial charge in [-0.3, -0.25) is 9.59 Å². The number of aromatic nitrogens is 2. The van der Waals surface area contributed by atoms with E-state index in [1.165, 1.54) is 4.68 Å². The first-order valence-electron chi connectivity index (χ1n) is 11.1. The van der Waals surface area contributed by atoms with Gasteiger partial charge in [0, 0.05) is 37.7 Å². The highest BCUT2D eigenvalue weighted by Crippen LogP contribution is 2.40. The Morgan fingerprint density at radius 1 is 1.03 bits per heavy atom. The fourth-order valence-electron chi connectivity index (χ4n) is 4.47. The van der Waals surface area contributed by atoms with Crippen molar-refractivity contribution in [3.8, 4) is 11.4 Å². The SMILES string of the molecule is C[C@@H]1c2cccc(C(=O)N3CCN(c4cnn(-c5ccccc5)c(=O)c4Cl)CC3)c2O[C@@H]1C. The molecule has 2 aliphatic heterocycles. The van der Waals surface area contributed by atoms with Crippen molar-refractivity contribution < 1.29 is 9.53 Å². The second-order valence-electron chi connectivity index (χ2n) is 8.51. The Morgan fingerprint density at radius 3 is 2.48 bits per heavy atom. The third-order valence-electron chi connectivity index (χ3n) is 6.58. The Balaban J connectivity index is 1.32. The van der Waals surface area contributed by atoms with E-state index in [0.717, 1.165) is 5.56 Å². The molecule has 0 radical (unpaired) electrons. The van der Waals surface area contributed by atoms with Gasteiger partial charge in [0.15, 0.2) is 0 Å². The van der Waals surface area contributed by atoms with E-state index in [2.05, 4.69) is 12.0 Å². The third kappa shape index (κ3) is 3.76. The fourth-order valence-corrected chi connectivity index (χ4v) is 4.72. The molecule has 2 aromatic carbocycles. The van der Waals surface area contributed by atoms with Gasteiger partial charge in [-0.25, -0.2) is 0 Å². The molecule has 5 rings (SSSR count). The topological polar surface area (TPSA) is 67.7 Å². The Labute approximate surface area is 197 Å². The van der Waals surface area contributed by atoms with Crippen LogP contribution in [0.4, 0.5) is 5.69 Å².